The fourth-order valence-electron chi connectivity index (χ4n) is 2.57. The molecule has 0 bridgehead atoms. The molecule has 9 heteroatoms. The lowest BCUT2D eigenvalue weighted by atomic mass is 10.2. The molecule has 1 aromatic carbocycles. The van der Waals surface area contributed by atoms with Crippen LogP contribution in [0, 0.1) is 0 Å². The van der Waals surface area contributed by atoms with Gasteiger partial charge in [-0.05, 0) is 61.3 Å². The number of hydrogen-bond acceptors (Lipinski definition) is 6. The first-order valence-electron chi connectivity index (χ1n) is 6.93. The van der Waals surface area contributed by atoms with E-state index in [-0.39, 0.29) is 11.1 Å². The Kier molecular flexibility index (Phi) is 3.94. The van der Waals surface area contributed by atoms with Crippen LogP contribution in [0.2, 0.25) is 0 Å². The minimum atomic E-state index is 0.0837. The highest BCUT2D eigenvalue weighted by atomic mass is 79.9. The first-order chi connectivity index (χ1) is 11.0. The van der Waals surface area contributed by atoms with Gasteiger partial charge in [-0.1, -0.05) is 25.6 Å². The van der Waals surface area contributed by atoms with Gasteiger partial charge in [-0.3, -0.25) is 5.01 Å². The SMILES string of the molecule is CC(C)c1nnc2n1N1C(=CSC1c1cc(Br)c(O)c(Br)c1)S2. The standard InChI is InChI=1S/C14H12Br2N4OS2/c1-6(2)12-17-18-14-20(12)19-10(23-14)5-22-13(19)7-3-8(15)11(21)9(16)4-7/h3-6,13,21H,1-2H3. The van der Waals surface area contributed by atoms with Crippen LogP contribution in [0.5, 0.6) is 5.75 Å². The maximum Gasteiger partial charge on any atom is 0.216 e. The van der Waals surface area contributed by atoms with E-state index in [1.807, 2.05) is 12.1 Å². The third-order valence-electron chi connectivity index (χ3n) is 3.63. The zero-order valence-electron chi connectivity index (χ0n) is 12.2. The van der Waals surface area contributed by atoms with Crippen molar-refractivity contribution in [3.05, 3.63) is 42.9 Å². The zero-order chi connectivity index (χ0) is 16.3. The van der Waals surface area contributed by atoms with Gasteiger partial charge in [-0.15, -0.1) is 10.2 Å². The van der Waals surface area contributed by atoms with Gasteiger partial charge in [0.2, 0.25) is 5.16 Å². The molecular formula is C14H12Br2N4OS2. The number of fused-ring (bicyclic) bond motifs is 3. The van der Waals surface area contributed by atoms with Gasteiger partial charge in [-0.25, -0.2) is 4.68 Å². The Morgan fingerprint density at radius 3 is 2.57 bits per heavy atom. The molecule has 1 N–H and O–H groups in total. The highest BCUT2D eigenvalue weighted by Crippen LogP contribution is 2.52. The molecule has 1 atom stereocenters. The fourth-order valence-corrected chi connectivity index (χ4v) is 6.00. The Bertz CT molecular complexity index is 813. The van der Waals surface area contributed by atoms with Gasteiger partial charge >= 0.3 is 0 Å². The van der Waals surface area contributed by atoms with Crippen molar-refractivity contribution in [2.75, 3.05) is 5.01 Å². The Balaban J connectivity index is 1.80. The average molecular weight is 476 g/mol. The number of phenolic OH excluding ortho intramolecular Hbond substituents is 1. The van der Waals surface area contributed by atoms with Crippen LogP contribution in [-0.2, 0) is 0 Å². The third-order valence-corrected chi connectivity index (χ3v) is 7.03. The molecule has 0 spiro atoms. The predicted molar refractivity (Wildman–Crippen MR) is 100 cm³/mol. The topological polar surface area (TPSA) is 54.2 Å². The second-order valence-electron chi connectivity index (χ2n) is 5.53. The number of halogens is 2. The molecule has 1 aromatic heterocycles. The van der Waals surface area contributed by atoms with Gasteiger partial charge in [0.15, 0.2) is 5.82 Å². The molecule has 120 valence electrons. The molecule has 0 saturated carbocycles. The van der Waals surface area contributed by atoms with E-state index in [4.69, 9.17) is 0 Å². The van der Waals surface area contributed by atoms with E-state index < -0.39 is 0 Å². The number of benzene rings is 1. The fraction of sp³-hybridized carbons (Fsp3) is 0.286. The number of thioether (sulfide) groups is 2. The van der Waals surface area contributed by atoms with Crippen LogP contribution in [0.1, 0.15) is 36.5 Å². The quantitative estimate of drug-likeness (QED) is 0.665. The molecule has 3 heterocycles. The van der Waals surface area contributed by atoms with Crippen LogP contribution in [0.25, 0.3) is 0 Å². The molecule has 0 radical (unpaired) electrons. The molecule has 2 aliphatic heterocycles. The molecule has 1 unspecified atom stereocenters. The van der Waals surface area contributed by atoms with Gasteiger partial charge in [0, 0.05) is 11.3 Å². The lowest BCUT2D eigenvalue weighted by molar-refractivity contribution is 0.468. The Morgan fingerprint density at radius 2 is 1.91 bits per heavy atom. The highest BCUT2D eigenvalue weighted by Gasteiger charge is 2.40. The van der Waals surface area contributed by atoms with Gasteiger partial charge in [0.25, 0.3) is 0 Å². The number of rotatable bonds is 2. The molecular weight excluding hydrogens is 464 g/mol. The molecule has 0 saturated heterocycles. The highest BCUT2D eigenvalue weighted by molar-refractivity contribution is 9.11. The van der Waals surface area contributed by atoms with Crippen molar-refractivity contribution in [3.63, 3.8) is 0 Å². The van der Waals surface area contributed by atoms with Gasteiger partial charge < -0.3 is 5.11 Å². The summed E-state index contributed by atoms with van der Waals surface area (Å²) in [4.78, 5) is 0. The molecule has 2 aliphatic rings. The van der Waals surface area contributed by atoms with Gasteiger partial charge in [-0.2, -0.15) is 0 Å². The first kappa shape index (κ1) is 15.9. The van der Waals surface area contributed by atoms with E-state index in [1.165, 1.54) is 0 Å². The lowest BCUT2D eigenvalue weighted by Gasteiger charge is -2.27. The number of nitrogens with zero attached hydrogens (tertiary/aromatic N) is 4. The molecule has 2 aromatic rings. The number of aromatic hydroxyl groups is 1. The largest absolute Gasteiger partial charge is 0.506 e. The normalized spacial score (nSPS) is 19.3. The number of phenols is 1. The maximum absolute atomic E-state index is 9.95. The second-order valence-corrected chi connectivity index (χ2v) is 9.18. The Hall–Kier alpha value is -0.640. The molecule has 0 amide bonds. The van der Waals surface area contributed by atoms with E-state index in [0.717, 1.165) is 21.6 Å². The summed E-state index contributed by atoms with van der Waals surface area (Å²) in [6.45, 7) is 4.24. The smallest absolute Gasteiger partial charge is 0.216 e. The Morgan fingerprint density at radius 1 is 1.22 bits per heavy atom. The van der Waals surface area contributed by atoms with Crippen LogP contribution in [0.4, 0.5) is 0 Å². The Labute approximate surface area is 158 Å². The summed E-state index contributed by atoms with van der Waals surface area (Å²) in [6.07, 6.45) is 0. The number of hydrogen-bond donors (Lipinski definition) is 1. The minimum absolute atomic E-state index is 0.0837. The third kappa shape index (κ3) is 2.43. The number of aromatic nitrogens is 3. The molecule has 0 fully saturated rings. The van der Waals surface area contributed by atoms with Crippen molar-refractivity contribution in [2.24, 2.45) is 0 Å². The second kappa shape index (κ2) is 5.72. The predicted octanol–water partition coefficient (Wildman–Crippen LogP) is 4.92. The van der Waals surface area contributed by atoms with Crippen molar-refractivity contribution in [2.45, 2.75) is 30.3 Å². The molecule has 0 aliphatic carbocycles. The summed E-state index contributed by atoms with van der Waals surface area (Å²) in [6, 6.07) is 3.91. The summed E-state index contributed by atoms with van der Waals surface area (Å²) in [7, 11) is 0. The average Bonchev–Trinajstić information content (AvgIpc) is 3.14. The van der Waals surface area contributed by atoms with Crippen molar-refractivity contribution in [3.8, 4) is 5.75 Å². The zero-order valence-corrected chi connectivity index (χ0v) is 17.0. The molecule has 23 heavy (non-hydrogen) atoms. The molecule has 4 rings (SSSR count). The van der Waals surface area contributed by atoms with Gasteiger partial charge in [0.1, 0.15) is 16.2 Å². The molecule has 5 nitrogen and oxygen atoms in total. The van der Waals surface area contributed by atoms with Gasteiger partial charge in [0.05, 0.1) is 8.95 Å². The summed E-state index contributed by atoms with van der Waals surface area (Å²) in [5.74, 6) is 1.47. The monoisotopic (exact) mass is 474 g/mol. The van der Waals surface area contributed by atoms with Crippen LogP contribution < -0.4 is 5.01 Å². The van der Waals surface area contributed by atoms with Crippen LogP contribution in [0.3, 0.4) is 0 Å². The van der Waals surface area contributed by atoms with Crippen molar-refractivity contribution in [1.29, 1.82) is 0 Å². The maximum atomic E-state index is 9.95. The van der Waals surface area contributed by atoms with Crippen molar-refractivity contribution >= 4 is 55.4 Å². The summed E-state index contributed by atoms with van der Waals surface area (Å²) >= 11 is 10.2. The summed E-state index contributed by atoms with van der Waals surface area (Å²) < 4.78 is 3.47. The minimum Gasteiger partial charge on any atom is -0.506 e. The first-order valence-corrected chi connectivity index (χ1v) is 10.3. The lowest BCUT2D eigenvalue weighted by Crippen LogP contribution is -2.31. The van der Waals surface area contributed by atoms with Crippen molar-refractivity contribution < 1.29 is 5.11 Å². The van der Waals surface area contributed by atoms with E-state index in [2.05, 4.69) is 71.0 Å². The van der Waals surface area contributed by atoms with Crippen LogP contribution >= 0.6 is 55.4 Å². The van der Waals surface area contributed by atoms with Crippen molar-refractivity contribution in [1.82, 2.24) is 14.9 Å². The van der Waals surface area contributed by atoms with E-state index in [9.17, 15) is 5.11 Å². The van der Waals surface area contributed by atoms with Crippen LogP contribution in [0.15, 0.2) is 36.7 Å². The van der Waals surface area contributed by atoms with Crippen LogP contribution in [-0.4, -0.2) is 20.0 Å². The van der Waals surface area contributed by atoms with E-state index >= 15 is 0 Å². The van der Waals surface area contributed by atoms with E-state index in [1.54, 1.807) is 23.5 Å². The summed E-state index contributed by atoms with van der Waals surface area (Å²) in [5.41, 5.74) is 1.09. The van der Waals surface area contributed by atoms with E-state index in [0.29, 0.717) is 14.9 Å². The summed E-state index contributed by atoms with van der Waals surface area (Å²) in [5, 5.41) is 25.1.